The molecule has 0 bridgehead atoms. The van der Waals surface area contributed by atoms with Crippen molar-refractivity contribution >= 4 is 5.78 Å². The predicted octanol–water partition coefficient (Wildman–Crippen LogP) is 0.934. The van der Waals surface area contributed by atoms with E-state index in [4.69, 9.17) is 4.74 Å². The Bertz CT molecular complexity index is 189. The van der Waals surface area contributed by atoms with Gasteiger partial charge in [-0.3, -0.25) is 9.69 Å². The van der Waals surface area contributed by atoms with E-state index in [0.717, 1.165) is 13.1 Å². The van der Waals surface area contributed by atoms with E-state index < -0.39 is 0 Å². The van der Waals surface area contributed by atoms with Gasteiger partial charge in [-0.2, -0.15) is 0 Å². The summed E-state index contributed by atoms with van der Waals surface area (Å²) < 4.78 is 4.79. The maximum Gasteiger partial charge on any atom is 0.172 e. The van der Waals surface area contributed by atoms with Gasteiger partial charge in [-0.1, -0.05) is 13.8 Å². The number of Topliss-reactive ketones (excluding diaryl/α,β-unsaturated/α-hetero) is 1. The summed E-state index contributed by atoms with van der Waals surface area (Å²) in [6, 6.07) is 0. The molecular weight excluding hydrogens is 166 g/mol. The lowest BCUT2D eigenvalue weighted by Gasteiger charge is -2.18. The van der Waals surface area contributed by atoms with Crippen molar-refractivity contribution in [2.45, 2.75) is 20.3 Å². The van der Waals surface area contributed by atoms with Crippen LogP contribution in [0.3, 0.4) is 0 Å². The molecule has 0 spiro atoms. The summed E-state index contributed by atoms with van der Waals surface area (Å²) >= 11 is 0. The van der Waals surface area contributed by atoms with E-state index >= 15 is 0 Å². The Morgan fingerprint density at radius 1 is 1.54 bits per heavy atom. The molecule has 1 aliphatic heterocycles. The Kier molecular flexibility index (Phi) is 3.45. The SMILES string of the molecule is COCC(=O)CN1CCC(C)(C)C1. The zero-order valence-corrected chi connectivity index (χ0v) is 8.80. The first kappa shape index (κ1) is 10.7. The molecule has 0 amide bonds. The largest absolute Gasteiger partial charge is 0.377 e. The molecule has 0 N–H and O–H groups in total. The fourth-order valence-corrected chi connectivity index (χ4v) is 1.82. The van der Waals surface area contributed by atoms with Crippen LogP contribution in [-0.2, 0) is 9.53 Å². The highest BCUT2D eigenvalue weighted by Crippen LogP contribution is 2.28. The Hall–Kier alpha value is -0.410. The van der Waals surface area contributed by atoms with E-state index in [2.05, 4.69) is 18.7 Å². The molecule has 1 saturated heterocycles. The maximum absolute atomic E-state index is 11.2. The average molecular weight is 185 g/mol. The Balaban J connectivity index is 2.28. The normalized spacial score (nSPS) is 22.1. The summed E-state index contributed by atoms with van der Waals surface area (Å²) in [5.74, 6) is 0.181. The van der Waals surface area contributed by atoms with Gasteiger partial charge in [0.1, 0.15) is 6.61 Å². The van der Waals surface area contributed by atoms with Gasteiger partial charge < -0.3 is 4.74 Å². The Labute approximate surface area is 80.1 Å². The van der Waals surface area contributed by atoms with Gasteiger partial charge in [-0.25, -0.2) is 0 Å². The molecule has 0 aromatic rings. The van der Waals surface area contributed by atoms with Crippen LogP contribution in [0.4, 0.5) is 0 Å². The minimum Gasteiger partial charge on any atom is -0.377 e. The highest BCUT2D eigenvalue weighted by Gasteiger charge is 2.29. The molecule has 13 heavy (non-hydrogen) atoms. The monoisotopic (exact) mass is 185 g/mol. The lowest BCUT2D eigenvalue weighted by molar-refractivity contribution is -0.123. The molecule has 76 valence electrons. The van der Waals surface area contributed by atoms with Crippen molar-refractivity contribution in [1.29, 1.82) is 0 Å². The van der Waals surface area contributed by atoms with Gasteiger partial charge in [0, 0.05) is 13.7 Å². The molecule has 0 aliphatic carbocycles. The molecule has 1 aliphatic rings. The molecule has 0 radical (unpaired) electrons. The molecule has 1 heterocycles. The van der Waals surface area contributed by atoms with Gasteiger partial charge in [-0.15, -0.1) is 0 Å². The first-order valence-electron chi connectivity index (χ1n) is 4.76. The molecule has 0 atom stereocenters. The van der Waals surface area contributed by atoms with Gasteiger partial charge in [0.15, 0.2) is 5.78 Å². The van der Waals surface area contributed by atoms with Crippen LogP contribution in [0.25, 0.3) is 0 Å². The van der Waals surface area contributed by atoms with E-state index in [1.54, 1.807) is 7.11 Å². The van der Waals surface area contributed by atoms with Gasteiger partial charge >= 0.3 is 0 Å². The highest BCUT2D eigenvalue weighted by molar-refractivity contribution is 5.81. The Morgan fingerprint density at radius 3 is 2.69 bits per heavy atom. The standard InChI is InChI=1S/C10H19NO2/c1-10(2)4-5-11(8-10)6-9(12)7-13-3/h4-8H2,1-3H3. The fourth-order valence-electron chi connectivity index (χ4n) is 1.82. The summed E-state index contributed by atoms with van der Waals surface area (Å²) in [5, 5.41) is 0. The van der Waals surface area contributed by atoms with Gasteiger partial charge in [0.25, 0.3) is 0 Å². The van der Waals surface area contributed by atoms with Gasteiger partial charge in [0.2, 0.25) is 0 Å². The van der Waals surface area contributed by atoms with E-state index in [1.165, 1.54) is 6.42 Å². The number of ether oxygens (including phenoxy) is 1. The van der Waals surface area contributed by atoms with E-state index in [0.29, 0.717) is 12.0 Å². The molecule has 0 saturated carbocycles. The predicted molar refractivity (Wildman–Crippen MR) is 51.7 cm³/mol. The number of methoxy groups -OCH3 is 1. The number of likely N-dealkylation sites (tertiary alicyclic amines) is 1. The van der Waals surface area contributed by atoms with Crippen LogP contribution in [0, 0.1) is 5.41 Å². The summed E-state index contributed by atoms with van der Waals surface area (Å²) in [4.78, 5) is 13.5. The van der Waals surface area contributed by atoms with Crippen molar-refractivity contribution in [1.82, 2.24) is 4.90 Å². The van der Waals surface area contributed by atoms with Crippen LogP contribution in [0.15, 0.2) is 0 Å². The first-order valence-corrected chi connectivity index (χ1v) is 4.76. The third-order valence-electron chi connectivity index (χ3n) is 2.46. The van der Waals surface area contributed by atoms with Crippen LogP contribution in [0.2, 0.25) is 0 Å². The molecule has 3 nitrogen and oxygen atoms in total. The zero-order valence-electron chi connectivity index (χ0n) is 8.80. The number of carbonyl (C=O) groups is 1. The first-order chi connectivity index (χ1) is 6.03. The Morgan fingerprint density at radius 2 is 2.23 bits per heavy atom. The van der Waals surface area contributed by atoms with Crippen molar-refractivity contribution in [2.24, 2.45) is 5.41 Å². The smallest absolute Gasteiger partial charge is 0.172 e. The van der Waals surface area contributed by atoms with Crippen LogP contribution < -0.4 is 0 Å². The second-order valence-corrected chi connectivity index (χ2v) is 4.60. The van der Waals surface area contributed by atoms with E-state index in [1.807, 2.05) is 0 Å². The number of ketones is 1. The summed E-state index contributed by atoms with van der Waals surface area (Å²) in [6.45, 7) is 7.36. The third-order valence-corrected chi connectivity index (χ3v) is 2.46. The second-order valence-electron chi connectivity index (χ2n) is 4.60. The molecule has 0 aromatic heterocycles. The van der Waals surface area contributed by atoms with Crippen molar-refractivity contribution in [3.8, 4) is 0 Å². The average Bonchev–Trinajstić information content (AvgIpc) is 2.30. The second kappa shape index (κ2) is 4.20. The van der Waals surface area contributed by atoms with Crippen molar-refractivity contribution in [3.63, 3.8) is 0 Å². The van der Waals surface area contributed by atoms with Gasteiger partial charge in [-0.05, 0) is 18.4 Å². The fraction of sp³-hybridized carbons (Fsp3) is 0.900. The maximum atomic E-state index is 11.2. The van der Waals surface area contributed by atoms with Crippen LogP contribution >= 0.6 is 0 Å². The third kappa shape index (κ3) is 3.44. The molecular formula is C10H19NO2. The number of nitrogens with zero attached hydrogens (tertiary/aromatic N) is 1. The number of rotatable bonds is 4. The van der Waals surface area contributed by atoms with Crippen LogP contribution in [0.1, 0.15) is 20.3 Å². The minimum atomic E-state index is 0.181. The molecule has 0 unspecified atom stereocenters. The zero-order chi connectivity index (χ0) is 9.90. The topological polar surface area (TPSA) is 29.5 Å². The molecule has 0 aromatic carbocycles. The van der Waals surface area contributed by atoms with E-state index in [-0.39, 0.29) is 12.4 Å². The molecule has 3 heteroatoms. The minimum absolute atomic E-state index is 0.181. The molecule has 1 fully saturated rings. The van der Waals surface area contributed by atoms with E-state index in [9.17, 15) is 4.79 Å². The number of hydrogen-bond acceptors (Lipinski definition) is 3. The highest BCUT2D eigenvalue weighted by atomic mass is 16.5. The number of carbonyl (C=O) groups excluding carboxylic acids is 1. The van der Waals surface area contributed by atoms with Crippen molar-refractivity contribution < 1.29 is 9.53 Å². The summed E-state index contributed by atoms with van der Waals surface area (Å²) in [5.41, 5.74) is 0.382. The summed E-state index contributed by atoms with van der Waals surface area (Å²) in [7, 11) is 1.56. The molecule has 1 rings (SSSR count). The lowest BCUT2D eigenvalue weighted by Crippen LogP contribution is -2.31. The lowest BCUT2D eigenvalue weighted by atomic mass is 9.93. The quantitative estimate of drug-likeness (QED) is 0.652. The number of hydrogen-bond donors (Lipinski definition) is 0. The van der Waals surface area contributed by atoms with Gasteiger partial charge in [0.05, 0.1) is 6.54 Å². The van der Waals surface area contributed by atoms with Crippen molar-refractivity contribution in [2.75, 3.05) is 33.4 Å². The summed E-state index contributed by atoms with van der Waals surface area (Å²) in [6.07, 6.45) is 1.19. The van der Waals surface area contributed by atoms with Crippen LogP contribution in [0.5, 0.6) is 0 Å². The van der Waals surface area contributed by atoms with Crippen LogP contribution in [-0.4, -0.2) is 44.0 Å². The van der Waals surface area contributed by atoms with Crippen molar-refractivity contribution in [3.05, 3.63) is 0 Å².